The predicted molar refractivity (Wildman–Crippen MR) is 54.3 cm³/mol. The summed E-state index contributed by atoms with van der Waals surface area (Å²) in [5.74, 6) is -0.205. The molecule has 0 aliphatic heterocycles. The van der Waals surface area contributed by atoms with Crippen LogP contribution in [0.3, 0.4) is 0 Å². The van der Waals surface area contributed by atoms with Gasteiger partial charge in [0, 0.05) is 13.5 Å². The van der Waals surface area contributed by atoms with E-state index in [9.17, 15) is 4.79 Å². The zero-order valence-corrected chi connectivity index (χ0v) is 8.56. The molecule has 0 N–H and O–H groups in total. The predicted octanol–water partition coefficient (Wildman–Crippen LogP) is 1.99. The second kappa shape index (κ2) is 5.40. The van der Waals surface area contributed by atoms with E-state index in [1.165, 1.54) is 0 Å². The van der Waals surface area contributed by atoms with Crippen molar-refractivity contribution in [1.82, 2.24) is 5.06 Å². The molecule has 0 saturated heterocycles. The number of hydrogen-bond donors (Lipinski definition) is 0. The van der Waals surface area contributed by atoms with E-state index in [0.717, 1.165) is 5.56 Å². The van der Waals surface area contributed by atoms with E-state index >= 15 is 0 Å². The monoisotopic (exact) mass is 193 g/mol. The Kier molecular flexibility index (Phi) is 4.13. The third kappa shape index (κ3) is 3.58. The lowest BCUT2D eigenvalue weighted by atomic mass is 10.2. The van der Waals surface area contributed by atoms with Crippen LogP contribution in [0.25, 0.3) is 0 Å². The highest BCUT2D eigenvalue weighted by Crippen LogP contribution is 2.03. The van der Waals surface area contributed by atoms with Crippen LogP contribution in [0.5, 0.6) is 0 Å². The van der Waals surface area contributed by atoms with Gasteiger partial charge in [-0.25, -0.2) is 0 Å². The quantitative estimate of drug-likeness (QED) is 0.685. The molecule has 0 fully saturated rings. The number of nitrogens with zero attached hydrogens (tertiary/aromatic N) is 1. The van der Waals surface area contributed by atoms with Crippen LogP contribution in [0.1, 0.15) is 18.9 Å². The van der Waals surface area contributed by atoms with Crippen molar-refractivity contribution in [2.75, 3.05) is 7.05 Å². The average molecular weight is 193 g/mol. The van der Waals surface area contributed by atoms with Crippen molar-refractivity contribution in [3.05, 3.63) is 35.9 Å². The van der Waals surface area contributed by atoms with Crippen molar-refractivity contribution in [1.29, 1.82) is 0 Å². The van der Waals surface area contributed by atoms with E-state index < -0.39 is 0 Å². The van der Waals surface area contributed by atoms with Gasteiger partial charge >= 0.3 is 5.97 Å². The highest BCUT2D eigenvalue weighted by molar-refractivity contribution is 5.68. The first-order valence-corrected chi connectivity index (χ1v) is 4.68. The van der Waals surface area contributed by atoms with Gasteiger partial charge in [0.2, 0.25) is 0 Å². The standard InChI is InChI=1S/C11H15NO2/c1-3-11(13)14-12(2)9-10-7-5-4-6-8-10/h4-8H,3,9H2,1-2H3. The molecule has 0 aliphatic rings. The maximum Gasteiger partial charge on any atom is 0.324 e. The Hall–Kier alpha value is -1.35. The van der Waals surface area contributed by atoms with Crippen LogP contribution in [0.2, 0.25) is 0 Å². The van der Waals surface area contributed by atoms with Gasteiger partial charge < -0.3 is 4.84 Å². The van der Waals surface area contributed by atoms with Gasteiger partial charge in [-0.3, -0.25) is 4.79 Å². The first kappa shape index (κ1) is 10.7. The van der Waals surface area contributed by atoms with E-state index in [1.54, 1.807) is 19.0 Å². The third-order valence-electron chi connectivity index (χ3n) is 1.79. The van der Waals surface area contributed by atoms with Crippen LogP contribution >= 0.6 is 0 Å². The maximum absolute atomic E-state index is 10.9. The fraction of sp³-hybridized carbons (Fsp3) is 0.364. The molecule has 1 rings (SSSR count). The molecule has 3 heteroatoms. The summed E-state index contributed by atoms with van der Waals surface area (Å²) in [6.45, 7) is 2.39. The molecule has 0 aromatic heterocycles. The van der Waals surface area contributed by atoms with Crippen LogP contribution in [-0.2, 0) is 16.2 Å². The van der Waals surface area contributed by atoms with Crippen molar-refractivity contribution in [2.24, 2.45) is 0 Å². The van der Waals surface area contributed by atoms with Crippen LogP contribution in [0.4, 0.5) is 0 Å². The minimum Gasteiger partial charge on any atom is -0.368 e. The van der Waals surface area contributed by atoms with Crippen molar-refractivity contribution in [3.8, 4) is 0 Å². The summed E-state index contributed by atoms with van der Waals surface area (Å²) in [4.78, 5) is 15.9. The van der Waals surface area contributed by atoms with Crippen molar-refractivity contribution in [2.45, 2.75) is 19.9 Å². The van der Waals surface area contributed by atoms with Gasteiger partial charge in [0.05, 0.1) is 6.54 Å². The lowest BCUT2D eigenvalue weighted by Crippen LogP contribution is -2.22. The second-order valence-electron chi connectivity index (χ2n) is 3.09. The topological polar surface area (TPSA) is 29.5 Å². The molecule has 0 radical (unpaired) electrons. The van der Waals surface area contributed by atoms with Crippen LogP contribution in [-0.4, -0.2) is 18.1 Å². The van der Waals surface area contributed by atoms with Gasteiger partial charge in [-0.2, -0.15) is 0 Å². The van der Waals surface area contributed by atoms with Gasteiger partial charge in [0.15, 0.2) is 0 Å². The fourth-order valence-corrected chi connectivity index (χ4v) is 1.11. The third-order valence-corrected chi connectivity index (χ3v) is 1.79. The zero-order chi connectivity index (χ0) is 10.4. The fourth-order valence-electron chi connectivity index (χ4n) is 1.11. The molecule has 0 aliphatic carbocycles. The van der Waals surface area contributed by atoms with Gasteiger partial charge in [-0.15, -0.1) is 5.06 Å². The van der Waals surface area contributed by atoms with Crippen LogP contribution in [0, 0.1) is 0 Å². The molecule has 0 heterocycles. The molecule has 3 nitrogen and oxygen atoms in total. The summed E-state index contributed by atoms with van der Waals surface area (Å²) in [6.07, 6.45) is 0.402. The molecular weight excluding hydrogens is 178 g/mol. The Labute approximate surface area is 84.2 Å². The molecule has 1 aromatic rings. The first-order valence-electron chi connectivity index (χ1n) is 4.68. The molecule has 0 saturated carbocycles. The zero-order valence-electron chi connectivity index (χ0n) is 8.56. The number of rotatable bonds is 4. The molecule has 0 atom stereocenters. The highest BCUT2D eigenvalue weighted by atomic mass is 16.7. The van der Waals surface area contributed by atoms with E-state index in [0.29, 0.717) is 13.0 Å². The number of benzene rings is 1. The Morgan fingerprint density at radius 1 is 1.36 bits per heavy atom. The van der Waals surface area contributed by atoms with Crippen molar-refractivity contribution in [3.63, 3.8) is 0 Å². The van der Waals surface area contributed by atoms with Gasteiger partial charge in [0.25, 0.3) is 0 Å². The second-order valence-corrected chi connectivity index (χ2v) is 3.09. The van der Waals surface area contributed by atoms with E-state index in [-0.39, 0.29) is 5.97 Å². The normalized spacial score (nSPS) is 10.2. The number of carbonyl (C=O) groups excluding carboxylic acids is 1. The largest absolute Gasteiger partial charge is 0.368 e. The number of hydroxylamine groups is 2. The van der Waals surface area contributed by atoms with E-state index in [4.69, 9.17) is 4.84 Å². The summed E-state index contributed by atoms with van der Waals surface area (Å²) in [6, 6.07) is 9.88. The average Bonchev–Trinajstić information content (AvgIpc) is 2.19. The molecule has 0 spiro atoms. The SMILES string of the molecule is CCC(=O)ON(C)Cc1ccccc1. The molecule has 14 heavy (non-hydrogen) atoms. The number of carbonyl (C=O) groups is 1. The smallest absolute Gasteiger partial charge is 0.324 e. The Balaban J connectivity index is 2.41. The van der Waals surface area contributed by atoms with Gasteiger partial charge in [0.1, 0.15) is 0 Å². The molecular formula is C11H15NO2. The Morgan fingerprint density at radius 3 is 2.57 bits per heavy atom. The van der Waals surface area contributed by atoms with Crippen LogP contribution in [0.15, 0.2) is 30.3 Å². The Bertz CT molecular complexity index is 285. The summed E-state index contributed by atoms with van der Waals surface area (Å²) < 4.78 is 0. The van der Waals surface area contributed by atoms with Gasteiger partial charge in [-0.05, 0) is 5.56 Å². The van der Waals surface area contributed by atoms with E-state index in [2.05, 4.69) is 0 Å². The van der Waals surface area contributed by atoms with Crippen LogP contribution < -0.4 is 0 Å². The molecule has 0 bridgehead atoms. The lowest BCUT2D eigenvalue weighted by Gasteiger charge is -2.15. The van der Waals surface area contributed by atoms with E-state index in [1.807, 2.05) is 30.3 Å². The van der Waals surface area contributed by atoms with Crippen molar-refractivity contribution < 1.29 is 9.63 Å². The van der Waals surface area contributed by atoms with Crippen molar-refractivity contribution >= 4 is 5.97 Å². The summed E-state index contributed by atoms with van der Waals surface area (Å²) in [5, 5.41) is 1.54. The minimum absolute atomic E-state index is 0.205. The lowest BCUT2D eigenvalue weighted by molar-refractivity contribution is -0.186. The summed E-state index contributed by atoms with van der Waals surface area (Å²) in [5.41, 5.74) is 1.12. The molecule has 76 valence electrons. The molecule has 0 amide bonds. The highest BCUT2D eigenvalue weighted by Gasteiger charge is 2.04. The minimum atomic E-state index is -0.205. The van der Waals surface area contributed by atoms with Gasteiger partial charge in [-0.1, -0.05) is 37.3 Å². The number of hydrogen-bond acceptors (Lipinski definition) is 3. The maximum atomic E-state index is 10.9. The molecule has 0 unspecified atom stereocenters. The Morgan fingerprint density at radius 2 is 2.00 bits per heavy atom. The summed E-state index contributed by atoms with van der Waals surface area (Å²) in [7, 11) is 1.75. The summed E-state index contributed by atoms with van der Waals surface area (Å²) >= 11 is 0. The first-order chi connectivity index (χ1) is 6.72. The molecule has 1 aromatic carbocycles.